The number of fused-ring (bicyclic) bond motifs is 1. The van der Waals surface area contributed by atoms with Crippen molar-refractivity contribution in [3.05, 3.63) is 17.5 Å². The Kier molecular flexibility index (Phi) is 6.98. The van der Waals surface area contributed by atoms with E-state index in [2.05, 4.69) is 27.0 Å². The van der Waals surface area contributed by atoms with Crippen molar-refractivity contribution in [1.82, 2.24) is 20.2 Å². The van der Waals surface area contributed by atoms with Crippen LogP contribution in [0.15, 0.2) is 6.20 Å². The lowest BCUT2D eigenvalue weighted by Crippen LogP contribution is -2.39. The van der Waals surface area contributed by atoms with E-state index in [1.54, 1.807) is 0 Å². The van der Waals surface area contributed by atoms with Gasteiger partial charge in [0.25, 0.3) is 0 Å². The number of anilines is 1. The molecule has 1 aliphatic carbocycles. The summed E-state index contributed by atoms with van der Waals surface area (Å²) in [6, 6.07) is 0. The molecule has 1 aromatic rings. The highest BCUT2D eigenvalue weighted by atomic mass is 16.5. The minimum atomic E-state index is 0.0520. The first-order chi connectivity index (χ1) is 14.2. The molecule has 2 fully saturated rings. The summed E-state index contributed by atoms with van der Waals surface area (Å²) in [6.45, 7) is 9.87. The molecule has 4 rings (SSSR count). The van der Waals surface area contributed by atoms with E-state index in [0.717, 1.165) is 101 Å². The predicted octanol–water partition coefficient (Wildman–Crippen LogP) is 1.66. The second kappa shape index (κ2) is 9.85. The van der Waals surface area contributed by atoms with Gasteiger partial charge < -0.3 is 15.0 Å². The fourth-order valence-electron chi connectivity index (χ4n) is 4.57. The fraction of sp³-hybridized carbons (Fsp3) is 0.773. The highest BCUT2D eigenvalue weighted by Gasteiger charge is 2.27. The van der Waals surface area contributed by atoms with Gasteiger partial charge in [-0.3, -0.25) is 9.69 Å². The molecule has 160 valence electrons. The maximum atomic E-state index is 12.6. The molecule has 0 aromatic carbocycles. The monoisotopic (exact) mass is 401 g/mol. The molecule has 0 unspecified atom stereocenters. The van der Waals surface area contributed by atoms with Gasteiger partial charge >= 0.3 is 0 Å². The van der Waals surface area contributed by atoms with E-state index in [9.17, 15) is 4.79 Å². The van der Waals surface area contributed by atoms with Crippen molar-refractivity contribution in [2.75, 3.05) is 57.4 Å². The van der Waals surface area contributed by atoms with Gasteiger partial charge in [-0.05, 0) is 56.6 Å². The summed E-state index contributed by atoms with van der Waals surface area (Å²) in [4.78, 5) is 26.8. The molecule has 1 aromatic heterocycles. The van der Waals surface area contributed by atoms with Crippen LogP contribution in [0, 0.1) is 11.8 Å². The van der Waals surface area contributed by atoms with Crippen LogP contribution >= 0.6 is 0 Å². The Morgan fingerprint density at radius 3 is 2.79 bits per heavy atom. The van der Waals surface area contributed by atoms with Crippen molar-refractivity contribution >= 4 is 11.9 Å². The molecule has 1 N–H and O–H groups in total. The summed E-state index contributed by atoms with van der Waals surface area (Å²) < 4.78 is 5.37. The number of rotatable bonds is 6. The zero-order chi connectivity index (χ0) is 20.1. The highest BCUT2D eigenvalue weighted by Crippen LogP contribution is 2.27. The SMILES string of the molecule is CC1CCN(c2ncc3c(n2)CC[C@H](C(=O)NCCCN2CCOCC2)C3)CC1. The van der Waals surface area contributed by atoms with E-state index < -0.39 is 0 Å². The first-order valence-corrected chi connectivity index (χ1v) is 11.4. The number of nitrogens with one attached hydrogen (secondary N) is 1. The van der Waals surface area contributed by atoms with E-state index in [1.807, 2.05) is 6.20 Å². The predicted molar refractivity (Wildman–Crippen MR) is 113 cm³/mol. The zero-order valence-corrected chi connectivity index (χ0v) is 17.7. The number of hydrogen-bond acceptors (Lipinski definition) is 6. The van der Waals surface area contributed by atoms with Crippen molar-refractivity contribution in [2.24, 2.45) is 11.8 Å². The number of hydrogen-bond donors (Lipinski definition) is 1. The van der Waals surface area contributed by atoms with Crippen molar-refractivity contribution in [3.63, 3.8) is 0 Å². The van der Waals surface area contributed by atoms with E-state index in [1.165, 1.54) is 12.8 Å². The number of aromatic nitrogens is 2. The number of ether oxygens (including phenoxy) is 1. The molecule has 2 saturated heterocycles. The summed E-state index contributed by atoms with van der Waals surface area (Å²) in [7, 11) is 0. The second-order valence-electron chi connectivity index (χ2n) is 8.85. The largest absolute Gasteiger partial charge is 0.379 e. The first-order valence-electron chi connectivity index (χ1n) is 11.4. The van der Waals surface area contributed by atoms with Crippen molar-refractivity contribution in [2.45, 2.75) is 45.4 Å². The summed E-state index contributed by atoms with van der Waals surface area (Å²) in [5, 5.41) is 3.14. The Hall–Kier alpha value is -1.73. The Balaban J connectivity index is 1.23. The average molecular weight is 402 g/mol. The molecule has 2 aliphatic heterocycles. The lowest BCUT2D eigenvalue weighted by atomic mass is 9.86. The number of piperidine rings is 1. The molecule has 1 amide bonds. The van der Waals surface area contributed by atoms with Gasteiger partial charge in [0.15, 0.2) is 0 Å². The molecular formula is C22H35N5O2. The maximum Gasteiger partial charge on any atom is 0.225 e. The Morgan fingerprint density at radius 1 is 1.21 bits per heavy atom. The van der Waals surface area contributed by atoms with E-state index in [4.69, 9.17) is 9.72 Å². The van der Waals surface area contributed by atoms with Gasteiger partial charge in [0, 0.05) is 50.5 Å². The van der Waals surface area contributed by atoms with Crippen LogP contribution in [0.3, 0.4) is 0 Å². The summed E-state index contributed by atoms with van der Waals surface area (Å²) >= 11 is 0. The molecule has 3 heterocycles. The van der Waals surface area contributed by atoms with Crippen molar-refractivity contribution < 1.29 is 9.53 Å². The van der Waals surface area contributed by atoms with Gasteiger partial charge in [0.1, 0.15) is 0 Å². The van der Waals surface area contributed by atoms with Gasteiger partial charge in [-0.2, -0.15) is 0 Å². The first kappa shape index (κ1) is 20.5. The molecule has 1 atom stereocenters. The molecule has 7 nitrogen and oxygen atoms in total. The topological polar surface area (TPSA) is 70.6 Å². The van der Waals surface area contributed by atoms with E-state index in [-0.39, 0.29) is 11.8 Å². The standard InChI is InChI=1S/C22H35N5O2/c1-17-5-9-27(10-6-17)22-24-16-19-15-18(3-4-20(19)25-22)21(28)23-7-2-8-26-11-13-29-14-12-26/h16-18H,2-15H2,1H3,(H,23,28)/t18-/m0/s1. The Labute approximate surface area is 174 Å². The minimum Gasteiger partial charge on any atom is -0.379 e. The summed E-state index contributed by atoms with van der Waals surface area (Å²) in [5.41, 5.74) is 2.30. The zero-order valence-electron chi connectivity index (χ0n) is 17.7. The van der Waals surface area contributed by atoms with Crippen LogP contribution in [0.4, 0.5) is 5.95 Å². The number of amides is 1. The van der Waals surface area contributed by atoms with Crippen LogP contribution in [0.1, 0.15) is 43.9 Å². The third-order valence-corrected chi connectivity index (χ3v) is 6.63. The van der Waals surface area contributed by atoms with Crippen LogP contribution in [-0.2, 0) is 22.4 Å². The second-order valence-corrected chi connectivity index (χ2v) is 8.85. The number of aryl methyl sites for hydroxylation is 1. The van der Waals surface area contributed by atoms with E-state index >= 15 is 0 Å². The lowest BCUT2D eigenvalue weighted by molar-refractivity contribution is -0.125. The minimum absolute atomic E-state index is 0.0520. The van der Waals surface area contributed by atoms with Gasteiger partial charge in [-0.25, -0.2) is 9.97 Å². The Bertz CT molecular complexity index is 684. The quantitative estimate of drug-likeness (QED) is 0.731. The van der Waals surface area contributed by atoms with Gasteiger partial charge in [0.2, 0.25) is 11.9 Å². The number of carbonyl (C=O) groups is 1. The van der Waals surface area contributed by atoms with Crippen molar-refractivity contribution in [3.8, 4) is 0 Å². The van der Waals surface area contributed by atoms with Gasteiger partial charge in [0.05, 0.1) is 13.2 Å². The number of morpholine rings is 1. The van der Waals surface area contributed by atoms with Gasteiger partial charge in [-0.15, -0.1) is 0 Å². The molecule has 29 heavy (non-hydrogen) atoms. The Morgan fingerprint density at radius 2 is 2.00 bits per heavy atom. The average Bonchev–Trinajstić information content (AvgIpc) is 2.77. The summed E-state index contributed by atoms with van der Waals surface area (Å²) in [5.74, 6) is 1.92. The third kappa shape index (κ3) is 5.45. The molecule has 0 bridgehead atoms. The van der Waals surface area contributed by atoms with Crippen LogP contribution in [-0.4, -0.2) is 73.3 Å². The normalized spacial score (nSPS) is 23.6. The maximum absolute atomic E-state index is 12.6. The van der Waals surface area contributed by atoms with Gasteiger partial charge in [-0.1, -0.05) is 6.92 Å². The van der Waals surface area contributed by atoms with Crippen LogP contribution in [0.5, 0.6) is 0 Å². The molecule has 0 spiro atoms. The van der Waals surface area contributed by atoms with Crippen molar-refractivity contribution in [1.29, 1.82) is 0 Å². The fourth-order valence-corrected chi connectivity index (χ4v) is 4.57. The van der Waals surface area contributed by atoms with Crippen LogP contribution < -0.4 is 10.2 Å². The molecule has 0 saturated carbocycles. The highest BCUT2D eigenvalue weighted by molar-refractivity contribution is 5.79. The number of carbonyl (C=O) groups excluding carboxylic acids is 1. The third-order valence-electron chi connectivity index (χ3n) is 6.63. The number of nitrogens with zero attached hydrogens (tertiary/aromatic N) is 4. The van der Waals surface area contributed by atoms with Crippen LogP contribution in [0.25, 0.3) is 0 Å². The smallest absolute Gasteiger partial charge is 0.225 e. The molecule has 7 heteroatoms. The summed E-state index contributed by atoms with van der Waals surface area (Å²) in [6.07, 6.45) is 7.92. The molecular weight excluding hydrogens is 366 g/mol. The van der Waals surface area contributed by atoms with E-state index in [0.29, 0.717) is 0 Å². The molecule has 0 radical (unpaired) electrons. The van der Waals surface area contributed by atoms with Crippen LogP contribution in [0.2, 0.25) is 0 Å². The lowest BCUT2D eigenvalue weighted by Gasteiger charge is -2.31. The molecule has 3 aliphatic rings.